The number of aryl methyl sites for hydroxylation is 1. The second-order valence-electron chi connectivity index (χ2n) is 8.61. The first-order valence-electron chi connectivity index (χ1n) is 11.3. The van der Waals surface area contributed by atoms with Gasteiger partial charge < -0.3 is 10.6 Å². The molecule has 0 aliphatic rings. The first kappa shape index (κ1) is 24.1. The minimum Gasteiger partial charge on any atom is -0.369 e. The quantitative estimate of drug-likeness (QED) is 0.398. The van der Waals surface area contributed by atoms with E-state index >= 15 is 0 Å². The van der Waals surface area contributed by atoms with E-state index in [4.69, 9.17) is 0 Å². The molecular formula is C26H26F2N6O. The minimum atomic E-state index is -0.666. The van der Waals surface area contributed by atoms with Gasteiger partial charge >= 0.3 is 0 Å². The minimum absolute atomic E-state index is 0.0230. The maximum Gasteiger partial charge on any atom is 0.254 e. The number of nitrogens with zero attached hydrogens (tertiary/aromatic N) is 4. The van der Waals surface area contributed by atoms with E-state index in [1.54, 1.807) is 31.3 Å². The summed E-state index contributed by atoms with van der Waals surface area (Å²) in [6, 6.07) is 8.59. The van der Waals surface area contributed by atoms with Crippen LogP contribution in [-0.2, 0) is 5.41 Å². The fourth-order valence-electron chi connectivity index (χ4n) is 4.00. The topological polar surface area (TPSA) is 92.7 Å². The molecule has 3 aromatic heterocycles. The van der Waals surface area contributed by atoms with Gasteiger partial charge in [-0.05, 0) is 25.0 Å². The fraction of sp³-hybridized carbons (Fsp3) is 0.269. The standard InChI is InChI=1S/C26H26F2N6O/c1-5-26(3,18-8-6-7-17-23(25(35)29-4)20(28)12-31-24(17)18)13-32-22-10-21(33-14-34-22)16-9-19(27)15(2)30-11-16/h6-12,14H,5,13H2,1-4H3,(H,29,35)(H,32,33,34)/t26-/m1/s1. The lowest BCUT2D eigenvalue weighted by atomic mass is 9.78. The molecule has 7 nitrogen and oxygen atoms in total. The van der Waals surface area contributed by atoms with Crippen LogP contribution in [0.15, 0.2) is 49.1 Å². The summed E-state index contributed by atoms with van der Waals surface area (Å²) < 4.78 is 28.5. The van der Waals surface area contributed by atoms with Crippen molar-refractivity contribution in [3.63, 3.8) is 0 Å². The molecule has 0 saturated heterocycles. The number of hydrogen-bond acceptors (Lipinski definition) is 6. The highest BCUT2D eigenvalue weighted by molar-refractivity contribution is 6.06. The summed E-state index contributed by atoms with van der Waals surface area (Å²) >= 11 is 0. The van der Waals surface area contributed by atoms with Crippen LogP contribution in [0.5, 0.6) is 0 Å². The van der Waals surface area contributed by atoms with Crippen LogP contribution >= 0.6 is 0 Å². The highest BCUT2D eigenvalue weighted by atomic mass is 19.1. The molecule has 0 radical (unpaired) electrons. The largest absolute Gasteiger partial charge is 0.369 e. The molecule has 0 bridgehead atoms. The Labute approximate surface area is 202 Å². The Hall–Kier alpha value is -4.01. The number of carbonyl (C=O) groups is 1. The number of para-hydroxylation sites is 1. The number of benzene rings is 1. The first-order chi connectivity index (χ1) is 16.8. The Morgan fingerprint density at radius 3 is 2.57 bits per heavy atom. The molecule has 1 atom stereocenters. The fourth-order valence-corrected chi connectivity index (χ4v) is 4.00. The first-order valence-corrected chi connectivity index (χ1v) is 11.3. The molecule has 35 heavy (non-hydrogen) atoms. The molecule has 0 fully saturated rings. The molecule has 0 spiro atoms. The highest BCUT2D eigenvalue weighted by Crippen LogP contribution is 2.34. The van der Waals surface area contributed by atoms with Crippen molar-refractivity contribution in [2.45, 2.75) is 32.6 Å². The molecule has 0 aliphatic carbocycles. The number of halogens is 2. The zero-order chi connectivity index (χ0) is 25.2. The molecule has 3 heterocycles. The van der Waals surface area contributed by atoms with Crippen LogP contribution in [0.3, 0.4) is 0 Å². The van der Waals surface area contributed by atoms with E-state index in [0.717, 1.165) is 18.2 Å². The van der Waals surface area contributed by atoms with E-state index in [0.29, 0.717) is 40.2 Å². The van der Waals surface area contributed by atoms with E-state index in [1.165, 1.54) is 19.4 Å². The van der Waals surface area contributed by atoms with Crippen LogP contribution in [-0.4, -0.2) is 39.4 Å². The zero-order valence-corrected chi connectivity index (χ0v) is 20.0. The van der Waals surface area contributed by atoms with Crippen LogP contribution in [0.1, 0.15) is 41.9 Å². The van der Waals surface area contributed by atoms with E-state index in [2.05, 4.69) is 44.4 Å². The third-order valence-corrected chi connectivity index (χ3v) is 6.38. The lowest BCUT2D eigenvalue weighted by molar-refractivity contribution is 0.0960. The summed E-state index contributed by atoms with van der Waals surface area (Å²) in [5, 5.41) is 6.30. The molecule has 1 amide bonds. The Morgan fingerprint density at radius 2 is 1.86 bits per heavy atom. The van der Waals surface area contributed by atoms with Gasteiger partial charge in [-0.15, -0.1) is 0 Å². The van der Waals surface area contributed by atoms with Gasteiger partial charge in [-0.3, -0.25) is 14.8 Å². The molecule has 0 unspecified atom stereocenters. The van der Waals surface area contributed by atoms with Crippen LogP contribution in [0, 0.1) is 18.6 Å². The summed E-state index contributed by atoms with van der Waals surface area (Å²) in [5.74, 6) is -0.994. The van der Waals surface area contributed by atoms with Gasteiger partial charge in [0.2, 0.25) is 0 Å². The van der Waals surface area contributed by atoms with E-state index in [9.17, 15) is 13.6 Å². The van der Waals surface area contributed by atoms with Gasteiger partial charge in [0.1, 0.15) is 18.0 Å². The van der Waals surface area contributed by atoms with Gasteiger partial charge in [-0.25, -0.2) is 18.7 Å². The van der Waals surface area contributed by atoms with E-state index in [1.807, 2.05) is 6.07 Å². The predicted molar refractivity (Wildman–Crippen MR) is 131 cm³/mol. The van der Waals surface area contributed by atoms with Crippen molar-refractivity contribution >= 4 is 22.6 Å². The van der Waals surface area contributed by atoms with Crippen molar-refractivity contribution in [2.24, 2.45) is 0 Å². The molecule has 2 N–H and O–H groups in total. The maximum atomic E-state index is 14.5. The summed E-state index contributed by atoms with van der Waals surface area (Å²) in [6.07, 6.45) is 4.81. The van der Waals surface area contributed by atoms with Crippen LogP contribution in [0.25, 0.3) is 22.2 Å². The lowest BCUT2D eigenvalue weighted by Crippen LogP contribution is -2.31. The van der Waals surface area contributed by atoms with Crippen molar-refractivity contribution in [3.8, 4) is 11.3 Å². The van der Waals surface area contributed by atoms with Crippen LogP contribution in [0.4, 0.5) is 14.6 Å². The van der Waals surface area contributed by atoms with Gasteiger partial charge in [0.15, 0.2) is 5.82 Å². The van der Waals surface area contributed by atoms with Crippen molar-refractivity contribution in [1.82, 2.24) is 25.3 Å². The third kappa shape index (κ3) is 4.66. The SMILES string of the molecule is CC[C@](C)(CNc1cc(-c2cnc(C)c(F)c2)ncn1)c1cccc2c(C(=O)NC)c(F)cnc12. The van der Waals surface area contributed by atoms with E-state index in [-0.39, 0.29) is 5.56 Å². The summed E-state index contributed by atoms with van der Waals surface area (Å²) in [4.78, 5) is 29.3. The number of pyridine rings is 2. The second kappa shape index (κ2) is 9.69. The van der Waals surface area contributed by atoms with Gasteiger partial charge in [-0.2, -0.15) is 0 Å². The van der Waals surface area contributed by atoms with E-state index < -0.39 is 23.0 Å². The number of carbonyl (C=O) groups excluding carboxylic acids is 1. The summed E-state index contributed by atoms with van der Waals surface area (Å²) in [5.41, 5.74) is 2.43. The lowest BCUT2D eigenvalue weighted by Gasteiger charge is -2.30. The van der Waals surface area contributed by atoms with Gasteiger partial charge in [0.05, 0.1) is 28.7 Å². The molecule has 4 rings (SSSR count). The number of anilines is 1. The molecule has 180 valence electrons. The van der Waals surface area contributed by atoms with Crippen molar-refractivity contribution in [2.75, 3.05) is 18.9 Å². The van der Waals surface area contributed by atoms with Crippen molar-refractivity contribution in [3.05, 3.63) is 77.5 Å². The Bertz CT molecular complexity index is 1410. The number of amides is 1. The van der Waals surface area contributed by atoms with Gasteiger partial charge in [0.25, 0.3) is 5.91 Å². The Morgan fingerprint density at radius 1 is 1.06 bits per heavy atom. The second-order valence-corrected chi connectivity index (χ2v) is 8.61. The molecule has 4 aromatic rings. The molecule has 0 aliphatic heterocycles. The summed E-state index contributed by atoms with van der Waals surface area (Å²) in [7, 11) is 1.47. The number of aromatic nitrogens is 4. The highest BCUT2D eigenvalue weighted by Gasteiger charge is 2.29. The van der Waals surface area contributed by atoms with Gasteiger partial charge in [-0.1, -0.05) is 32.0 Å². The summed E-state index contributed by atoms with van der Waals surface area (Å²) in [6.45, 7) is 6.20. The number of hydrogen-bond donors (Lipinski definition) is 2. The zero-order valence-electron chi connectivity index (χ0n) is 20.0. The average Bonchev–Trinajstić information content (AvgIpc) is 2.88. The van der Waals surface area contributed by atoms with Gasteiger partial charge in [0, 0.05) is 42.2 Å². The maximum absolute atomic E-state index is 14.5. The average molecular weight is 477 g/mol. The number of rotatable bonds is 7. The monoisotopic (exact) mass is 476 g/mol. The normalized spacial score (nSPS) is 12.9. The van der Waals surface area contributed by atoms with Crippen molar-refractivity contribution < 1.29 is 13.6 Å². The molecule has 9 heteroatoms. The third-order valence-electron chi connectivity index (χ3n) is 6.38. The number of fused-ring (bicyclic) bond motifs is 1. The Balaban J connectivity index is 1.67. The van der Waals surface area contributed by atoms with Crippen LogP contribution < -0.4 is 10.6 Å². The molecular weight excluding hydrogens is 450 g/mol. The molecule has 0 saturated carbocycles. The number of nitrogens with one attached hydrogen (secondary N) is 2. The Kier molecular flexibility index (Phi) is 6.68. The molecule has 1 aromatic carbocycles. The van der Waals surface area contributed by atoms with Crippen molar-refractivity contribution in [1.29, 1.82) is 0 Å². The predicted octanol–water partition coefficient (Wildman–Crippen LogP) is 4.81. The van der Waals surface area contributed by atoms with Crippen LogP contribution in [0.2, 0.25) is 0 Å². The smallest absolute Gasteiger partial charge is 0.254 e.